The zero-order valence-corrected chi connectivity index (χ0v) is 15.5. The summed E-state index contributed by atoms with van der Waals surface area (Å²) in [4.78, 5) is 0. The minimum absolute atomic E-state index is 0.0427. The molecule has 1 atom stereocenters. The molecular weight excluding hydrogens is 414 g/mol. The molecule has 0 spiro atoms. The molecule has 0 saturated heterocycles. The molecule has 22 heavy (non-hydrogen) atoms. The third-order valence-corrected chi connectivity index (χ3v) is 8.26. The van der Waals surface area contributed by atoms with Gasteiger partial charge in [0.15, 0.2) is 0 Å². The number of benzene rings is 2. The van der Waals surface area contributed by atoms with Gasteiger partial charge in [0.25, 0.3) is 0 Å². The van der Waals surface area contributed by atoms with E-state index >= 15 is 0 Å². The van der Waals surface area contributed by atoms with Crippen molar-refractivity contribution in [3.05, 3.63) is 59.7 Å². The number of hydrogen-bond donors (Lipinski definition) is 3. The number of hydrogen-bond acceptors (Lipinski definition) is 3. The van der Waals surface area contributed by atoms with Gasteiger partial charge in [-0.1, -0.05) is 0 Å². The van der Waals surface area contributed by atoms with Crippen LogP contribution in [0.3, 0.4) is 0 Å². The summed E-state index contributed by atoms with van der Waals surface area (Å²) < 4.78 is 55.6. The van der Waals surface area contributed by atoms with Gasteiger partial charge >= 0.3 is 134 Å². The monoisotopic (exact) mass is 430 g/mol. The Hall–Kier alpha value is -1.00. The molecule has 0 saturated carbocycles. The molecular formula is C14H16As2O6. The molecule has 2 aromatic rings. The molecule has 1 unspecified atom stereocenters. The summed E-state index contributed by atoms with van der Waals surface area (Å²) in [5.41, 5.74) is 1.81. The van der Waals surface area contributed by atoms with E-state index in [1.807, 2.05) is 0 Å². The van der Waals surface area contributed by atoms with Crippen LogP contribution < -0.4 is 8.70 Å². The Kier molecular flexibility index (Phi) is 5.23. The van der Waals surface area contributed by atoms with Crippen LogP contribution in [0.25, 0.3) is 0 Å². The molecule has 0 aliphatic heterocycles. The predicted molar refractivity (Wildman–Crippen MR) is 81.5 cm³/mol. The molecule has 0 aliphatic rings. The van der Waals surface area contributed by atoms with Gasteiger partial charge in [0.05, 0.1) is 0 Å². The van der Waals surface area contributed by atoms with E-state index in [2.05, 4.69) is 3.73 Å². The molecule has 0 amide bonds. The second-order valence-corrected chi connectivity index (χ2v) is 12.2. The molecule has 2 aromatic carbocycles. The quantitative estimate of drug-likeness (QED) is 0.529. The normalized spacial score (nSPS) is 14.5. The molecule has 6 nitrogen and oxygen atoms in total. The molecule has 3 N–H and O–H groups in total. The minimum atomic E-state index is -4.84. The first-order valence-corrected chi connectivity index (χ1v) is 13.0. The Morgan fingerprint density at radius 1 is 0.818 bits per heavy atom. The van der Waals surface area contributed by atoms with Crippen LogP contribution in [-0.4, -0.2) is 47.7 Å². The van der Waals surface area contributed by atoms with Gasteiger partial charge in [0.2, 0.25) is 0 Å². The summed E-state index contributed by atoms with van der Waals surface area (Å²) in [6.45, 7) is 0. The Morgan fingerprint density at radius 3 is 1.59 bits per heavy atom. The third kappa shape index (κ3) is 4.26. The van der Waals surface area contributed by atoms with Crippen molar-refractivity contribution < 1.29 is 23.5 Å². The summed E-state index contributed by atoms with van der Waals surface area (Å²) in [6.07, 6.45) is 0.560. The van der Waals surface area contributed by atoms with Gasteiger partial charge in [-0.25, -0.2) is 0 Å². The first-order valence-electron chi connectivity index (χ1n) is 6.35. The molecule has 0 fully saturated rings. The first kappa shape index (κ1) is 17.4. The van der Waals surface area contributed by atoms with Crippen LogP contribution >= 0.6 is 0 Å². The Morgan fingerprint density at radius 2 is 1.23 bits per heavy atom. The average molecular weight is 430 g/mol. The Bertz CT molecular complexity index is 733. The van der Waals surface area contributed by atoms with Gasteiger partial charge in [0.1, 0.15) is 0 Å². The summed E-state index contributed by atoms with van der Waals surface area (Å²) >= 11 is -9.22. The van der Waals surface area contributed by atoms with Gasteiger partial charge in [-0.2, -0.15) is 0 Å². The predicted octanol–water partition coefficient (Wildman–Crippen LogP) is -0.947. The van der Waals surface area contributed by atoms with Gasteiger partial charge < -0.3 is 0 Å². The third-order valence-electron chi connectivity index (χ3n) is 3.19. The van der Waals surface area contributed by atoms with Crippen molar-refractivity contribution in [2.24, 2.45) is 0 Å². The fourth-order valence-corrected chi connectivity index (χ4v) is 4.62. The van der Waals surface area contributed by atoms with E-state index in [0.717, 1.165) is 11.1 Å². The fourth-order valence-electron chi connectivity index (χ4n) is 1.95. The van der Waals surface area contributed by atoms with E-state index in [1.165, 1.54) is 19.2 Å². The summed E-state index contributed by atoms with van der Waals surface area (Å²) in [5.74, 6) is 0. The SMILES string of the molecule is CO[As](=O)(O)c1ccc(Cc2ccc([As](=O)(O)O)cc2)cc1. The van der Waals surface area contributed by atoms with E-state index in [1.54, 1.807) is 36.4 Å². The summed E-state index contributed by atoms with van der Waals surface area (Å²) in [5, 5.41) is 0. The Labute approximate surface area is 133 Å². The van der Waals surface area contributed by atoms with E-state index in [-0.39, 0.29) is 8.70 Å². The van der Waals surface area contributed by atoms with E-state index in [0.29, 0.717) is 6.42 Å². The summed E-state index contributed by atoms with van der Waals surface area (Å²) in [7, 11) is 1.21. The van der Waals surface area contributed by atoms with Crippen molar-refractivity contribution in [1.82, 2.24) is 0 Å². The van der Waals surface area contributed by atoms with Crippen LogP contribution in [0.2, 0.25) is 0 Å². The van der Waals surface area contributed by atoms with Crippen molar-refractivity contribution in [2.45, 2.75) is 6.42 Å². The van der Waals surface area contributed by atoms with E-state index in [4.69, 9.17) is 8.19 Å². The van der Waals surface area contributed by atoms with E-state index < -0.39 is 28.3 Å². The van der Waals surface area contributed by atoms with Crippen LogP contribution in [0.4, 0.5) is 0 Å². The van der Waals surface area contributed by atoms with Crippen molar-refractivity contribution in [3.8, 4) is 0 Å². The van der Waals surface area contributed by atoms with Crippen LogP contribution in [0.1, 0.15) is 11.1 Å². The van der Waals surface area contributed by atoms with E-state index in [9.17, 15) is 11.6 Å². The molecule has 0 bridgehead atoms. The van der Waals surface area contributed by atoms with Gasteiger partial charge in [-0.15, -0.1) is 0 Å². The molecule has 8 heteroatoms. The molecule has 0 heterocycles. The van der Waals surface area contributed by atoms with Crippen molar-refractivity contribution in [3.63, 3.8) is 0 Å². The van der Waals surface area contributed by atoms with Crippen LogP contribution in [0.15, 0.2) is 48.5 Å². The zero-order chi connectivity index (χ0) is 16.4. The maximum atomic E-state index is 11.7. The second-order valence-electron chi connectivity index (χ2n) is 4.76. The number of rotatable bonds is 5. The summed E-state index contributed by atoms with van der Waals surface area (Å²) in [6, 6.07) is 12.8. The van der Waals surface area contributed by atoms with Crippen LogP contribution in [0.5, 0.6) is 0 Å². The maximum absolute atomic E-state index is 11.7. The Balaban J connectivity index is 2.15. The first-order chi connectivity index (χ1) is 10.2. The second kappa shape index (κ2) is 6.63. The van der Waals surface area contributed by atoms with Gasteiger partial charge in [-0.3, -0.25) is 0 Å². The van der Waals surface area contributed by atoms with Crippen LogP contribution in [-0.2, 0) is 17.6 Å². The molecule has 0 aliphatic carbocycles. The topological polar surface area (TPSA) is 104 Å². The van der Waals surface area contributed by atoms with Crippen molar-refractivity contribution in [2.75, 3.05) is 7.11 Å². The molecule has 0 radical (unpaired) electrons. The molecule has 0 aromatic heterocycles. The van der Waals surface area contributed by atoms with Gasteiger partial charge in [-0.05, 0) is 0 Å². The van der Waals surface area contributed by atoms with Crippen molar-refractivity contribution in [1.29, 1.82) is 0 Å². The van der Waals surface area contributed by atoms with Crippen LogP contribution in [0, 0.1) is 0 Å². The van der Waals surface area contributed by atoms with Crippen molar-refractivity contribution >= 4 is 37.0 Å². The molecule has 2 rings (SSSR count). The standard InChI is InChI=1S/C14H16As2O6/c1-22-16(20,21)14-8-4-12(5-9-14)10-11-2-6-13(7-3-11)15(17,18)19/h2-9H,10H2,1H3,(H,20,21)(H2,17,18,19). The zero-order valence-electron chi connectivity index (χ0n) is 11.8. The van der Waals surface area contributed by atoms with Gasteiger partial charge in [0, 0.05) is 0 Å². The average Bonchev–Trinajstić information content (AvgIpc) is 2.47. The molecule has 118 valence electrons. The fraction of sp³-hybridized carbons (Fsp3) is 0.143.